The molecule has 0 unspecified atom stereocenters. The first-order valence-corrected chi connectivity index (χ1v) is 8.65. The number of ketones is 1. The summed E-state index contributed by atoms with van der Waals surface area (Å²) in [6.45, 7) is 0. The minimum Gasteiger partial charge on any atom is -0.493 e. The number of Topliss-reactive ketones (excluding diaryl/α,β-unsaturated/α-hetero) is 1. The van der Waals surface area contributed by atoms with Gasteiger partial charge in [-0.15, -0.1) is 0 Å². The Bertz CT molecular complexity index is 1110. The van der Waals surface area contributed by atoms with Crippen molar-refractivity contribution in [1.29, 1.82) is 0 Å². The second kappa shape index (κ2) is 7.55. The highest BCUT2D eigenvalue weighted by Crippen LogP contribution is 2.36. The summed E-state index contributed by atoms with van der Waals surface area (Å²) in [6, 6.07) is 12.9. The molecule has 0 saturated heterocycles. The summed E-state index contributed by atoms with van der Waals surface area (Å²) in [5.74, 6) is 1.01. The van der Waals surface area contributed by atoms with Crippen LogP contribution in [0.15, 0.2) is 65.0 Å². The zero-order chi connectivity index (χ0) is 20.4. The molecule has 7 nitrogen and oxygen atoms in total. The minimum absolute atomic E-state index is 0.0801. The molecule has 29 heavy (non-hydrogen) atoms. The van der Waals surface area contributed by atoms with E-state index in [0.29, 0.717) is 28.4 Å². The highest BCUT2D eigenvalue weighted by atomic mass is 16.5. The van der Waals surface area contributed by atoms with E-state index >= 15 is 0 Å². The molecular weight excluding hydrogens is 376 g/mol. The molecule has 0 bridgehead atoms. The third-order valence-corrected chi connectivity index (χ3v) is 4.28. The number of hydrogen-bond donors (Lipinski definition) is 0. The van der Waals surface area contributed by atoms with Crippen LogP contribution in [0, 0.1) is 0 Å². The van der Waals surface area contributed by atoms with Gasteiger partial charge < -0.3 is 23.4 Å². The third kappa shape index (κ3) is 3.58. The molecule has 0 radical (unpaired) electrons. The van der Waals surface area contributed by atoms with E-state index in [9.17, 15) is 9.59 Å². The number of fused-ring (bicyclic) bond motifs is 1. The maximum absolute atomic E-state index is 12.6. The molecule has 1 aliphatic heterocycles. The molecule has 0 amide bonds. The van der Waals surface area contributed by atoms with Gasteiger partial charge >= 0.3 is 5.97 Å². The molecule has 1 aliphatic rings. The molecule has 0 N–H and O–H groups in total. The SMILES string of the molecule is COc1ccc(/C=C2\Oc3cc(OC(=O)c4ccco4)ccc3C2=O)cc1OC. The zero-order valence-electron chi connectivity index (χ0n) is 15.6. The lowest BCUT2D eigenvalue weighted by molar-refractivity contribution is 0.0701. The number of ether oxygens (including phenoxy) is 4. The number of carbonyl (C=O) groups is 2. The van der Waals surface area contributed by atoms with Gasteiger partial charge in [0.2, 0.25) is 11.5 Å². The van der Waals surface area contributed by atoms with Crippen molar-refractivity contribution in [3.8, 4) is 23.0 Å². The lowest BCUT2D eigenvalue weighted by atomic mass is 10.1. The average Bonchev–Trinajstić information content (AvgIpc) is 3.37. The number of carbonyl (C=O) groups excluding carboxylic acids is 2. The fraction of sp³-hybridized carbons (Fsp3) is 0.0909. The molecule has 146 valence electrons. The Balaban J connectivity index is 1.57. The van der Waals surface area contributed by atoms with Crippen LogP contribution in [0.25, 0.3) is 6.08 Å². The predicted octanol–water partition coefficient (Wildman–Crippen LogP) is 4.13. The monoisotopic (exact) mass is 392 g/mol. The van der Waals surface area contributed by atoms with E-state index in [1.54, 1.807) is 43.5 Å². The Morgan fingerprint density at radius 3 is 2.55 bits per heavy atom. The molecule has 0 spiro atoms. The standard InChI is InChI=1S/C22H16O7/c1-25-16-8-5-13(10-19(16)26-2)11-20-21(23)15-7-6-14(12-18(15)29-20)28-22(24)17-4-3-9-27-17/h3-12H,1-2H3/b20-11-. The normalized spacial score (nSPS) is 13.7. The van der Waals surface area contributed by atoms with Gasteiger partial charge in [0, 0.05) is 6.07 Å². The van der Waals surface area contributed by atoms with Crippen molar-refractivity contribution in [2.24, 2.45) is 0 Å². The van der Waals surface area contributed by atoms with Gasteiger partial charge in [0.1, 0.15) is 11.5 Å². The van der Waals surface area contributed by atoms with Gasteiger partial charge in [0.05, 0.1) is 26.0 Å². The second-order valence-corrected chi connectivity index (χ2v) is 6.08. The first-order valence-electron chi connectivity index (χ1n) is 8.65. The summed E-state index contributed by atoms with van der Waals surface area (Å²) in [5, 5.41) is 0. The highest BCUT2D eigenvalue weighted by molar-refractivity contribution is 6.14. The van der Waals surface area contributed by atoms with Crippen LogP contribution >= 0.6 is 0 Å². The predicted molar refractivity (Wildman–Crippen MR) is 103 cm³/mol. The van der Waals surface area contributed by atoms with E-state index in [4.69, 9.17) is 23.4 Å². The number of furan rings is 1. The van der Waals surface area contributed by atoms with Gasteiger partial charge in [0.25, 0.3) is 0 Å². The van der Waals surface area contributed by atoms with E-state index in [2.05, 4.69) is 0 Å². The summed E-state index contributed by atoms with van der Waals surface area (Å²) in [6.07, 6.45) is 2.99. The maximum Gasteiger partial charge on any atom is 0.379 e. The second-order valence-electron chi connectivity index (χ2n) is 6.08. The molecule has 3 aromatic rings. The van der Waals surface area contributed by atoms with Crippen molar-refractivity contribution < 1.29 is 33.0 Å². The van der Waals surface area contributed by atoms with Gasteiger partial charge in [-0.3, -0.25) is 4.79 Å². The van der Waals surface area contributed by atoms with Crippen LogP contribution < -0.4 is 18.9 Å². The lowest BCUT2D eigenvalue weighted by Gasteiger charge is -2.08. The van der Waals surface area contributed by atoms with Crippen LogP contribution in [0.2, 0.25) is 0 Å². The van der Waals surface area contributed by atoms with Gasteiger partial charge in [-0.2, -0.15) is 0 Å². The zero-order valence-corrected chi connectivity index (χ0v) is 15.6. The van der Waals surface area contributed by atoms with Crippen LogP contribution in [0.3, 0.4) is 0 Å². The Labute approximate surface area is 166 Å². The summed E-state index contributed by atoms with van der Waals surface area (Å²) in [7, 11) is 3.08. The van der Waals surface area contributed by atoms with Gasteiger partial charge in [-0.05, 0) is 48.0 Å². The highest BCUT2D eigenvalue weighted by Gasteiger charge is 2.28. The van der Waals surface area contributed by atoms with E-state index < -0.39 is 5.97 Å². The number of rotatable bonds is 5. The fourth-order valence-corrected chi connectivity index (χ4v) is 2.88. The van der Waals surface area contributed by atoms with Crippen molar-refractivity contribution >= 4 is 17.8 Å². The largest absolute Gasteiger partial charge is 0.493 e. The summed E-state index contributed by atoms with van der Waals surface area (Å²) in [5.41, 5.74) is 1.10. The van der Waals surface area contributed by atoms with Gasteiger partial charge in [-0.1, -0.05) is 6.07 Å². The molecule has 2 aromatic carbocycles. The number of benzene rings is 2. The van der Waals surface area contributed by atoms with Crippen LogP contribution in [0.4, 0.5) is 0 Å². The van der Waals surface area contributed by atoms with Crippen LogP contribution in [0.5, 0.6) is 23.0 Å². The minimum atomic E-state index is -0.639. The first-order chi connectivity index (χ1) is 14.1. The summed E-state index contributed by atoms with van der Waals surface area (Å²) >= 11 is 0. The van der Waals surface area contributed by atoms with Crippen LogP contribution in [-0.2, 0) is 0 Å². The Kier molecular flexibility index (Phi) is 4.78. The molecule has 1 aromatic heterocycles. The van der Waals surface area contributed by atoms with Crippen molar-refractivity contribution in [3.05, 3.63) is 77.4 Å². The smallest absolute Gasteiger partial charge is 0.379 e. The molecule has 0 atom stereocenters. The van der Waals surface area contributed by atoms with Crippen molar-refractivity contribution in [1.82, 2.24) is 0 Å². The third-order valence-electron chi connectivity index (χ3n) is 4.28. The Hall–Kier alpha value is -4.00. The molecular formula is C22H16O7. The first kappa shape index (κ1) is 18.4. The number of allylic oxidation sites excluding steroid dienone is 1. The molecule has 0 fully saturated rings. The number of esters is 1. The molecule has 0 saturated carbocycles. The van der Waals surface area contributed by atoms with E-state index in [-0.39, 0.29) is 23.1 Å². The number of methoxy groups -OCH3 is 2. The van der Waals surface area contributed by atoms with Crippen molar-refractivity contribution in [2.75, 3.05) is 14.2 Å². The van der Waals surface area contributed by atoms with Crippen LogP contribution in [0.1, 0.15) is 26.5 Å². The van der Waals surface area contributed by atoms with E-state index in [0.717, 1.165) is 0 Å². The quantitative estimate of drug-likeness (QED) is 0.367. The molecule has 7 heteroatoms. The lowest BCUT2D eigenvalue weighted by Crippen LogP contribution is -2.07. The molecule has 4 rings (SSSR count). The Morgan fingerprint density at radius 1 is 1.00 bits per heavy atom. The van der Waals surface area contributed by atoms with Crippen LogP contribution in [-0.4, -0.2) is 26.0 Å². The topological polar surface area (TPSA) is 84.2 Å². The molecule has 2 heterocycles. The summed E-state index contributed by atoms with van der Waals surface area (Å²) < 4.78 is 26.4. The average molecular weight is 392 g/mol. The fourth-order valence-electron chi connectivity index (χ4n) is 2.88. The van der Waals surface area contributed by atoms with Crippen molar-refractivity contribution in [2.45, 2.75) is 0 Å². The number of hydrogen-bond acceptors (Lipinski definition) is 7. The maximum atomic E-state index is 12.6. The Morgan fingerprint density at radius 2 is 1.83 bits per heavy atom. The summed E-state index contributed by atoms with van der Waals surface area (Å²) in [4.78, 5) is 24.6. The van der Waals surface area contributed by atoms with E-state index in [1.807, 2.05) is 0 Å². The molecule has 0 aliphatic carbocycles. The van der Waals surface area contributed by atoms with Crippen molar-refractivity contribution in [3.63, 3.8) is 0 Å². The van der Waals surface area contributed by atoms with E-state index in [1.165, 1.54) is 31.6 Å². The van der Waals surface area contributed by atoms with Gasteiger partial charge in [0.15, 0.2) is 17.3 Å². The van der Waals surface area contributed by atoms with Gasteiger partial charge in [-0.25, -0.2) is 4.79 Å².